The number of benzene rings is 1. The predicted molar refractivity (Wildman–Crippen MR) is 142 cm³/mol. The van der Waals surface area contributed by atoms with Gasteiger partial charge in [-0.15, -0.1) is 0 Å². The topological polar surface area (TPSA) is 222 Å². The molecule has 3 aromatic rings. The molecular formula is C22H27ClFN6O10P2-. The molecule has 20 heteroatoms. The van der Waals surface area contributed by atoms with Gasteiger partial charge < -0.3 is 29.7 Å². The van der Waals surface area contributed by atoms with Crippen molar-refractivity contribution in [1.82, 2.24) is 24.6 Å². The molecule has 1 aliphatic rings. The van der Waals surface area contributed by atoms with Crippen molar-refractivity contribution in [2.75, 3.05) is 18.9 Å². The summed E-state index contributed by atoms with van der Waals surface area (Å²) in [6, 6.07) is 7.40. The van der Waals surface area contributed by atoms with E-state index in [9.17, 15) is 23.9 Å². The second kappa shape index (κ2) is 13.4. The molecule has 0 saturated carbocycles. The van der Waals surface area contributed by atoms with Crippen LogP contribution < -0.4 is 15.7 Å². The Hall–Kier alpha value is -2.56. The number of hydrogen-bond donors (Lipinski definition) is 3. The van der Waals surface area contributed by atoms with Crippen molar-refractivity contribution < 1.29 is 51.1 Å². The summed E-state index contributed by atoms with van der Waals surface area (Å²) in [6.07, 6.45) is -5.86. The monoisotopic (exact) mass is 651 g/mol. The molecule has 16 nitrogen and oxygen atoms in total. The first-order valence-electron chi connectivity index (χ1n) is 12.4. The molecule has 3 heterocycles. The average molecular weight is 652 g/mol. The van der Waals surface area contributed by atoms with Gasteiger partial charge in [-0.25, -0.2) is 23.3 Å². The van der Waals surface area contributed by atoms with Crippen molar-refractivity contribution in [3.63, 3.8) is 0 Å². The number of phosphoric acid groups is 1. The summed E-state index contributed by atoms with van der Waals surface area (Å²) in [6.45, 7) is 1.36. The fourth-order valence-corrected chi connectivity index (χ4v) is 6.99. The van der Waals surface area contributed by atoms with Crippen LogP contribution in [0.15, 0.2) is 36.7 Å². The Morgan fingerprint density at radius 3 is 2.71 bits per heavy atom. The molecule has 0 spiro atoms. The normalized spacial score (nSPS) is 24.2. The first kappa shape index (κ1) is 32.4. The highest BCUT2D eigenvalue weighted by Crippen LogP contribution is 2.58. The maximum Gasteiger partial charge on any atom is 0.412 e. The maximum absolute atomic E-state index is 15.0. The van der Waals surface area contributed by atoms with Gasteiger partial charge in [-0.05, 0) is 31.0 Å². The molecule has 4 N–H and O–H groups in total. The van der Waals surface area contributed by atoms with Gasteiger partial charge in [0.15, 0.2) is 23.9 Å². The third-order valence-corrected chi connectivity index (χ3v) is 9.42. The molecule has 1 fully saturated rings. The van der Waals surface area contributed by atoms with Crippen LogP contribution in [-0.2, 0) is 43.4 Å². The van der Waals surface area contributed by atoms with E-state index < -0.39 is 58.8 Å². The second-order valence-corrected chi connectivity index (χ2v) is 12.5. The molecule has 42 heavy (non-hydrogen) atoms. The van der Waals surface area contributed by atoms with E-state index in [0.29, 0.717) is 5.56 Å². The Labute approximate surface area is 243 Å². The number of aliphatic hydroxyl groups excluding tert-OH is 1. The fraction of sp³-hybridized carbons (Fsp3) is 0.455. The number of carbonyl (C=O) groups excluding carboxylic acids is 1. The molecule has 1 aromatic carbocycles. The van der Waals surface area contributed by atoms with E-state index in [1.165, 1.54) is 13.8 Å². The summed E-state index contributed by atoms with van der Waals surface area (Å²) < 4.78 is 66.8. The highest BCUT2D eigenvalue weighted by Gasteiger charge is 2.47. The van der Waals surface area contributed by atoms with Crippen LogP contribution in [0.25, 0.3) is 11.2 Å². The third kappa shape index (κ3) is 7.68. The van der Waals surface area contributed by atoms with Gasteiger partial charge in [0.05, 0.1) is 19.5 Å². The Bertz CT molecular complexity index is 1500. The van der Waals surface area contributed by atoms with E-state index >= 15 is 4.39 Å². The van der Waals surface area contributed by atoms with Gasteiger partial charge in [-0.2, -0.15) is 9.97 Å². The Morgan fingerprint density at radius 2 is 2.02 bits per heavy atom. The second-order valence-electron chi connectivity index (χ2n) is 8.89. The van der Waals surface area contributed by atoms with Crippen LogP contribution in [0.1, 0.15) is 25.6 Å². The van der Waals surface area contributed by atoms with Crippen LogP contribution in [0.2, 0.25) is 5.28 Å². The lowest BCUT2D eigenvalue weighted by atomic mass is 10.1. The summed E-state index contributed by atoms with van der Waals surface area (Å²) in [5.41, 5.74) is 6.55. The smallest absolute Gasteiger partial charge is 0.412 e. The van der Waals surface area contributed by atoms with Crippen molar-refractivity contribution in [2.24, 2.45) is 0 Å². The lowest BCUT2D eigenvalue weighted by Gasteiger charge is -2.29. The number of fused-ring (bicyclic) bond motifs is 1. The number of imidazole rings is 1. The number of ether oxygens (including phenoxy) is 2. The Morgan fingerprint density at radius 1 is 1.31 bits per heavy atom. The minimum absolute atomic E-state index is 0.00638. The molecule has 230 valence electrons. The summed E-state index contributed by atoms with van der Waals surface area (Å²) in [5, 5.41) is 12.3. The summed E-state index contributed by atoms with van der Waals surface area (Å²) >= 11 is 5.83. The van der Waals surface area contributed by atoms with Crippen molar-refractivity contribution >= 4 is 50.1 Å². The molecule has 7 atom stereocenters. The number of nitrogens with one attached hydrogen (secondary N) is 1. The van der Waals surface area contributed by atoms with E-state index in [2.05, 4.69) is 24.3 Å². The van der Waals surface area contributed by atoms with Gasteiger partial charge in [0.25, 0.3) is 7.82 Å². The van der Waals surface area contributed by atoms with E-state index in [4.69, 9.17) is 35.9 Å². The summed E-state index contributed by atoms with van der Waals surface area (Å²) in [4.78, 5) is 36.6. The van der Waals surface area contributed by atoms with Crippen molar-refractivity contribution in [3.05, 3.63) is 47.5 Å². The number of nitrogens with zero attached hydrogens (tertiary/aromatic N) is 4. The standard InChI is InChI=1S/C22H28ClFN6O10P2/c1-3-37-41(33,29-12(2)21(32)36-9-13-7-5-4-6-8-13)40-42(34,35)38-10-14-17(31)15(24)20(39-14)30-11-26-16-18(25)27-22(23)28-19(16)30/h4-8,11-12,14-15,17,20,31H,3,9-10H2,1-2H3,(H,29,33)(H,34,35)(H2,25,27,28)/p-1/t12-,14+,15+,17?,20+,41?/m0/s1. The molecule has 0 bridgehead atoms. The van der Waals surface area contributed by atoms with Gasteiger partial charge >= 0.3 is 13.7 Å². The van der Waals surface area contributed by atoms with Crippen molar-refractivity contribution in [3.8, 4) is 0 Å². The molecule has 3 unspecified atom stereocenters. The zero-order chi connectivity index (χ0) is 30.7. The minimum atomic E-state index is -5.46. The molecule has 2 aromatic heterocycles. The highest BCUT2D eigenvalue weighted by molar-refractivity contribution is 7.62. The van der Waals surface area contributed by atoms with E-state index in [1.807, 2.05) is 0 Å². The lowest BCUT2D eigenvalue weighted by Crippen LogP contribution is -2.35. The number of halogens is 2. The van der Waals surface area contributed by atoms with Crippen LogP contribution in [0.5, 0.6) is 0 Å². The van der Waals surface area contributed by atoms with Crippen molar-refractivity contribution in [2.45, 2.75) is 51.1 Å². The minimum Gasteiger partial charge on any atom is -0.756 e. The number of nitrogens with two attached hydrogens (primary N) is 1. The molecule has 0 aliphatic carbocycles. The fourth-order valence-electron chi connectivity index (χ4n) is 3.88. The number of aliphatic hydroxyl groups is 1. The van der Waals surface area contributed by atoms with Gasteiger partial charge in [-0.3, -0.25) is 18.5 Å². The number of hydrogen-bond acceptors (Lipinski definition) is 14. The molecule has 1 aliphatic heterocycles. The highest BCUT2D eigenvalue weighted by atomic mass is 35.5. The van der Waals surface area contributed by atoms with E-state index in [0.717, 1.165) is 10.9 Å². The number of aromatic nitrogens is 4. The quantitative estimate of drug-likeness (QED) is 0.137. The molecule has 0 radical (unpaired) electrons. The number of nitrogen functional groups attached to an aromatic ring is 1. The number of phosphoric ester groups is 1. The SMILES string of the molecule is CCOP(=O)(N[C@@H](C)C(=O)OCc1ccccc1)OP(=O)([O-])OC[C@H]1O[C@@H](n2cnc3c(N)nc(Cl)nc32)[C@H](F)C1O. The Kier molecular flexibility index (Phi) is 10.3. The number of carbonyl (C=O) groups is 1. The lowest BCUT2D eigenvalue weighted by molar-refractivity contribution is -0.220. The maximum atomic E-state index is 15.0. The zero-order valence-corrected chi connectivity index (χ0v) is 24.7. The Balaban J connectivity index is 1.37. The van der Waals surface area contributed by atoms with Crippen LogP contribution in [-0.4, -0.2) is 68.2 Å². The van der Waals surface area contributed by atoms with Gasteiger partial charge in [0.1, 0.15) is 30.4 Å². The predicted octanol–water partition coefficient (Wildman–Crippen LogP) is 2.03. The van der Waals surface area contributed by atoms with Crippen LogP contribution in [0.4, 0.5) is 10.2 Å². The number of rotatable bonds is 13. The van der Waals surface area contributed by atoms with Crippen molar-refractivity contribution in [1.29, 1.82) is 0 Å². The third-order valence-electron chi connectivity index (χ3n) is 5.82. The summed E-state index contributed by atoms with van der Waals surface area (Å²) in [5.74, 6) is -0.944. The van der Waals surface area contributed by atoms with Gasteiger partial charge in [0, 0.05) is 0 Å². The molecular weight excluding hydrogens is 625 g/mol. The van der Waals surface area contributed by atoms with Crippen LogP contribution in [0, 0.1) is 0 Å². The van der Waals surface area contributed by atoms with E-state index in [1.54, 1.807) is 30.3 Å². The molecule has 1 saturated heterocycles. The van der Waals surface area contributed by atoms with E-state index in [-0.39, 0.29) is 35.5 Å². The molecule has 0 amide bonds. The average Bonchev–Trinajstić information content (AvgIpc) is 3.46. The number of esters is 1. The van der Waals surface area contributed by atoms with Crippen LogP contribution >= 0.6 is 27.2 Å². The number of anilines is 1. The molecule has 4 rings (SSSR count). The first-order chi connectivity index (χ1) is 19.8. The largest absolute Gasteiger partial charge is 0.756 e. The van der Waals surface area contributed by atoms with Gasteiger partial charge in [-0.1, -0.05) is 30.3 Å². The van der Waals surface area contributed by atoms with Crippen LogP contribution in [0.3, 0.4) is 0 Å². The first-order valence-corrected chi connectivity index (χ1v) is 15.7. The van der Waals surface area contributed by atoms with Gasteiger partial charge in [0.2, 0.25) is 5.28 Å². The summed E-state index contributed by atoms with van der Waals surface area (Å²) in [7, 11) is -10.2. The zero-order valence-electron chi connectivity index (χ0n) is 22.1. The number of alkyl halides is 1.